The van der Waals surface area contributed by atoms with Crippen LogP contribution in [0.25, 0.3) is 16.9 Å². The van der Waals surface area contributed by atoms with Gasteiger partial charge in [0.1, 0.15) is 12.0 Å². The summed E-state index contributed by atoms with van der Waals surface area (Å²) in [6.07, 6.45) is 3.68. The molecule has 0 saturated carbocycles. The Kier molecular flexibility index (Phi) is 4.77. The Morgan fingerprint density at radius 1 is 1.04 bits per heavy atom. The summed E-state index contributed by atoms with van der Waals surface area (Å²) in [5.74, 6) is 0. The van der Waals surface area contributed by atoms with E-state index in [0.29, 0.717) is 0 Å². The van der Waals surface area contributed by atoms with Crippen molar-refractivity contribution in [2.75, 3.05) is 0 Å². The summed E-state index contributed by atoms with van der Waals surface area (Å²) < 4.78 is 3.75. The molecule has 136 valence electrons. The van der Waals surface area contributed by atoms with Crippen molar-refractivity contribution in [3.63, 3.8) is 0 Å². The van der Waals surface area contributed by atoms with Gasteiger partial charge in [-0.3, -0.25) is 0 Å². The molecule has 0 amide bonds. The molecule has 27 heavy (non-hydrogen) atoms. The lowest BCUT2D eigenvalue weighted by Gasteiger charge is -2.12. The Labute approximate surface area is 162 Å². The monoisotopic (exact) mass is 376 g/mol. The van der Waals surface area contributed by atoms with Crippen molar-refractivity contribution in [2.24, 2.45) is 7.05 Å². The van der Waals surface area contributed by atoms with E-state index in [1.54, 1.807) is 18.1 Å². The molecule has 0 unspecified atom stereocenters. The van der Waals surface area contributed by atoms with Crippen LogP contribution in [-0.2, 0) is 7.05 Å². The van der Waals surface area contributed by atoms with E-state index in [-0.39, 0.29) is 5.25 Å². The standard InChI is InChI=1S/C20H20N6S/c1-14-6-4-8-17(10-14)19-12-26(24-22-19)18-9-5-7-16(11-18)15(2)27-20-23-21-13-25(20)3/h4-13,15H,1-3H3/t15-/m0/s1. The molecule has 1 atom stereocenters. The fourth-order valence-corrected chi connectivity index (χ4v) is 3.76. The van der Waals surface area contributed by atoms with Gasteiger partial charge >= 0.3 is 0 Å². The zero-order valence-electron chi connectivity index (χ0n) is 15.4. The summed E-state index contributed by atoms with van der Waals surface area (Å²) in [6, 6.07) is 16.6. The van der Waals surface area contributed by atoms with Crippen LogP contribution in [0.15, 0.2) is 66.2 Å². The van der Waals surface area contributed by atoms with Gasteiger partial charge in [-0.25, -0.2) is 4.68 Å². The van der Waals surface area contributed by atoms with Gasteiger partial charge in [0.25, 0.3) is 0 Å². The van der Waals surface area contributed by atoms with Crippen LogP contribution >= 0.6 is 11.8 Å². The molecular weight excluding hydrogens is 356 g/mol. The first-order valence-electron chi connectivity index (χ1n) is 8.70. The number of nitrogens with zero attached hydrogens (tertiary/aromatic N) is 6. The van der Waals surface area contributed by atoms with Crippen molar-refractivity contribution in [1.82, 2.24) is 29.8 Å². The van der Waals surface area contributed by atoms with Crippen LogP contribution in [0, 0.1) is 6.92 Å². The highest BCUT2D eigenvalue weighted by molar-refractivity contribution is 7.99. The molecule has 4 aromatic rings. The molecule has 0 bridgehead atoms. The van der Waals surface area contributed by atoms with Crippen LogP contribution in [0.3, 0.4) is 0 Å². The van der Waals surface area contributed by atoms with Gasteiger partial charge < -0.3 is 4.57 Å². The second-order valence-electron chi connectivity index (χ2n) is 6.50. The third kappa shape index (κ3) is 3.78. The topological polar surface area (TPSA) is 61.4 Å². The normalized spacial score (nSPS) is 12.3. The molecule has 0 fully saturated rings. The molecule has 2 aromatic heterocycles. The predicted molar refractivity (Wildman–Crippen MR) is 107 cm³/mol. The van der Waals surface area contributed by atoms with Crippen molar-refractivity contribution in [3.8, 4) is 16.9 Å². The fourth-order valence-electron chi connectivity index (χ4n) is 2.85. The first-order valence-corrected chi connectivity index (χ1v) is 9.58. The first kappa shape index (κ1) is 17.5. The third-order valence-electron chi connectivity index (χ3n) is 4.36. The summed E-state index contributed by atoms with van der Waals surface area (Å²) >= 11 is 1.68. The lowest BCUT2D eigenvalue weighted by atomic mass is 10.1. The van der Waals surface area contributed by atoms with Crippen LogP contribution < -0.4 is 0 Å². The quantitative estimate of drug-likeness (QED) is 0.488. The first-order chi connectivity index (χ1) is 13.1. The average molecular weight is 376 g/mol. The molecule has 2 aromatic carbocycles. The summed E-state index contributed by atoms with van der Waals surface area (Å²) in [5.41, 5.74) is 5.34. The van der Waals surface area contributed by atoms with Crippen LogP contribution in [-0.4, -0.2) is 29.8 Å². The van der Waals surface area contributed by atoms with E-state index >= 15 is 0 Å². The number of rotatable bonds is 5. The number of benzene rings is 2. The van der Waals surface area contributed by atoms with E-state index in [2.05, 4.69) is 64.7 Å². The summed E-state index contributed by atoms with van der Waals surface area (Å²) in [5, 5.41) is 17.9. The van der Waals surface area contributed by atoms with E-state index in [9.17, 15) is 0 Å². The molecule has 0 aliphatic rings. The maximum absolute atomic E-state index is 4.34. The third-order valence-corrected chi connectivity index (χ3v) is 5.57. The average Bonchev–Trinajstić information content (AvgIpc) is 3.32. The van der Waals surface area contributed by atoms with E-state index in [1.165, 1.54) is 11.1 Å². The van der Waals surface area contributed by atoms with Gasteiger partial charge in [-0.2, -0.15) is 0 Å². The SMILES string of the molecule is Cc1cccc(-c2cn(-c3cccc([C@H](C)Sc4nncn4C)c3)nn2)c1. The molecule has 6 nitrogen and oxygen atoms in total. The van der Waals surface area contributed by atoms with Gasteiger partial charge in [0.15, 0.2) is 5.16 Å². The molecule has 0 aliphatic carbocycles. The Morgan fingerprint density at radius 2 is 1.89 bits per heavy atom. The minimum atomic E-state index is 0.243. The zero-order chi connectivity index (χ0) is 18.8. The highest BCUT2D eigenvalue weighted by Crippen LogP contribution is 2.33. The number of hydrogen-bond donors (Lipinski definition) is 0. The van der Waals surface area contributed by atoms with Crippen LogP contribution in [0.1, 0.15) is 23.3 Å². The Hall–Kier alpha value is -2.93. The maximum atomic E-state index is 4.34. The summed E-state index contributed by atoms with van der Waals surface area (Å²) in [4.78, 5) is 0. The number of hydrogen-bond acceptors (Lipinski definition) is 5. The Bertz CT molecular complexity index is 1070. The Balaban J connectivity index is 1.58. The second-order valence-corrected chi connectivity index (χ2v) is 7.81. The lowest BCUT2D eigenvalue weighted by molar-refractivity contribution is 0.784. The van der Waals surface area contributed by atoms with E-state index in [0.717, 1.165) is 22.1 Å². The van der Waals surface area contributed by atoms with Crippen molar-refractivity contribution in [1.29, 1.82) is 0 Å². The van der Waals surface area contributed by atoms with Gasteiger partial charge in [-0.05, 0) is 37.6 Å². The minimum Gasteiger partial charge on any atom is -0.312 e. The van der Waals surface area contributed by atoms with Crippen molar-refractivity contribution < 1.29 is 0 Å². The van der Waals surface area contributed by atoms with Crippen molar-refractivity contribution in [3.05, 3.63) is 72.2 Å². The van der Waals surface area contributed by atoms with E-state index < -0.39 is 0 Å². The van der Waals surface area contributed by atoms with Crippen LogP contribution in [0.2, 0.25) is 0 Å². The minimum absolute atomic E-state index is 0.243. The van der Waals surface area contributed by atoms with E-state index in [4.69, 9.17) is 0 Å². The highest BCUT2D eigenvalue weighted by atomic mass is 32.2. The summed E-state index contributed by atoms with van der Waals surface area (Å²) in [6.45, 7) is 4.24. The second kappa shape index (κ2) is 7.36. The van der Waals surface area contributed by atoms with E-state index in [1.807, 2.05) is 40.7 Å². The van der Waals surface area contributed by atoms with Gasteiger partial charge in [0.2, 0.25) is 0 Å². The van der Waals surface area contributed by atoms with Crippen LogP contribution in [0.4, 0.5) is 0 Å². The smallest absolute Gasteiger partial charge is 0.191 e. The number of aryl methyl sites for hydroxylation is 2. The van der Waals surface area contributed by atoms with Crippen molar-refractivity contribution >= 4 is 11.8 Å². The molecule has 0 N–H and O–H groups in total. The molecule has 0 spiro atoms. The lowest BCUT2D eigenvalue weighted by Crippen LogP contribution is -1.98. The molecule has 7 heteroatoms. The van der Waals surface area contributed by atoms with Crippen LogP contribution in [0.5, 0.6) is 0 Å². The van der Waals surface area contributed by atoms with Gasteiger partial charge in [-0.1, -0.05) is 52.9 Å². The number of aromatic nitrogens is 6. The van der Waals surface area contributed by atoms with Gasteiger partial charge in [0, 0.05) is 17.9 Å². The molecule has 2 heterocycles. The predicted octanol–water partition coefficient (Wildman–Crippen LogP) is 4.22. The molecule has 4 rings (SSSR count). The Morgan fingerprint density at radius 3 is 2.67 bits per heavy atom. The molecule has 0 aliphatic heterocycles. The van der Waals surface area contributed by atoms with Gasteiger partial charge in [0.05, 0.1) is 11.9 Å². The fraction of sp³-hybridized carbons (Fsp3) is 0.200. The zero-order valence-corrected chi connectivity index (χ0v) is 16.3. The highest BCUT2D eigenvalue weighted by Gasteiger charge is 2.13. The van der Waals surface area contributed by atoms with Crippen molar-refractivity contribution in [2.45, 2.75) is 24.3 Å². The molecule has 0 saturated heterocycles. The van der Waals surface area contributed by atoms with Gasteiger partial charge in [-0.15, -0.1) is 15.3 Å². The number of thioether (sulfide) groups is 1. The molecule has 0 radical (unpaired) electrons. The summed E-state index contributed by atoms with van der Waals surface area (Å²) in [7, 11) is 1.95. The largest absolute Gasteiger partial charge is 0.312 e. The maximum Gasteiger partial charge on any atom is 0.191 e. The molecular formula is C20H20N6S.